The van der Waals surface area contributed by atoms with E-state index in [1.165, 1.54) is 4.70 Å². The zero-order chi connectivity index (χ0) is 15.9. The van der Waals surface area contributed by atoms with Crippen LogP contribution in [-0.2, 0) is 11.3 Å². The Morgan fingerprint density at radius 3 is 2.70 bits per heavy atom. The number of para-hydroxylation sites is 1. The first-order chi connectivity index (χ1) is 11.3. The van der Waals surface area contributed by atoms with Gasteiger partial charge in [0.05, 0.1) is 10.2 Å². The number of aromatic nitrogens is 1. The van der Waals surface area contributed by atoms with E-state index in [0.717, 1.165) is 27.6 Å². The van der Waals surface area contributed by atoms with E-state index in [9.17, 15) is 4.79 Å². The van der Waals surface area contributed by atoms with Crippen LogP contribution in [0.5, 0.6) is 0 Å². The summed E-state index contributed by atoms with van der Waals surface area (Å²) in [7, 11) is 0. The van der Waals surface area contributed by atoms with Crippen molar-refractivity contribution in [1.29, 1.82) is 0 Å². The highest BCUT2D eigenvalue weighted by Crippen LogP contribution is 2.29. The van der Waals surface area contributed by atoms with Gasteiger partial charge in [-0.3, -0.25) is 4.79 Å². The molecule has 3 nitrogen and oxygen atoms in total. The lowest BCUT2D eigenvalue weighted by atomic mass is 10.2. The van der Waals surface area contributed by atoms with Gasteiger partial charge in [0.2, 0.25) is 5.91 Å². The van der Waals surface area contributed by atoms with E-state index in [4.69, 9.17) is 0 Å². The number of nitrogens with one attached hydrogen (secondary N) is 1. The highest BCUT2D eigenvalue weighted by molar-refractivity contribution is 8.01. The van der Waals surface area contributed by atoms with Crippen LogP contribution in [0.1, 0.15) is 18.4 Å². The SMILES string of the molecule is O=C(CCCSc1nc2ccccc2s1)NCc1ccccc1. The number of carbonyl (C=O) groups is 1. The van der Waals surface area contributed by atoms with Gasteiger partial charge in [-0.1, -0.05) is 54.2 Å². The summed E-state index contributed by atoms with van der Waals surface area (Å²) in [6.07, 6.45) is 1.42. The highest BCUT2D eigenvalue weighted by Gasteiger charge is 2.05. The van der Waals surface area contributed by atoms with Crippen molar-refractivity contribution in [1.82, 2.24) is 10.3 Å². The van der Waals surface area contributed by atoms with Crippen molar-refractivity contribution in [3.05, 3.63) is 60.2 Å². The maximum Gasteiger partial charge on any atom is 0.220 e. The molecule has 0 aliphatic heterocycles. The molecule has 0 fully saturated rings. The maximum absolute atomic E-state index is 11.8. The van der Waals surface area contributed by atoms with Gasteiger partial charge >= 0.3 is 0 Å². The molecule has 1 amide bonds. The second kappa shape index (κ2) is 8.13. The van der Waals surface area contributed by atoms with Crippen molar-refractivity contribution < 1.29 is 4.79 Å². The molecule has 118 valence electrons. The van der Waals surface area contributed by atoms with Crippen molar-refractivity contribution >= 4 is 39.2 Å². The lowest BCUT2D eigenvalue weighted by Crippen LogP contribution is -2.22. The van der Waals surface area contributed by atoms with Crippen LogP contribution in [0.15, 0.2) is 58.9 Å². The first kappa shape index (κ1) is 16.0. The summed E-state index contributed by atoms with van der Waals surface area (Å²) in [5, 5.41) is 2.96. The number of benzene rings is 2. The monoisotopic (exact) mass is 342 g/mol. The second-order valence-electron chi connectivity index (χ2n) is 5.16. The van der Waals surface area contributed by atoms with Crippen molar-refractivity contribution in [2.75, 3.05) is 5.75 Å². The number of thioether (sulfide) groups is 1. The quantitative estimate of drug-likeness (QED) is 0.508. The minimum Gasteiger partial charge on any atom is -0.352 e. The minimum atomic E-state index is 0.110. The van der Waals surface area contributed by atoms with Gasteiger partial charge in [0.15, 0.2) is 4.34 Å². The fourth-order valence-corrected chi connectivity index (χ4v) is 4.27. The average molecular weight is 342 g/mol. The van der Waals surface area contributed by atoms with E-state index in [0.29, 0.717) is 13.0 Å². The molecule has 23 heavy (non-hydrogen) atoms. The van der Waals surface area contributed by atoms with Gasteiger partial charge in [-0.05, 0) is 24.1 Å². The molecule has 2 aromatic carbocycles. The van der Waals surface area contributed by atoms with Crippen LogP contribution >= 0.6 is 23.1 Å². The molecule has 0 spiro atoms. The molecule has 3 rings (SSSR count). The van der Waals surface area contributed by atoms with E-state index in [2.05, 4.69) is 16.4 Å². The number of hydrogen-bond donors (Lipinski definition) is 1. The third kappa shape index (κ3) is 4.81. The summed E-state index contributed by atoms with van der Waals surface area (Å²) < 4.78 is 2.30. The Labute approximate surface area is 144 Å². The molecule has 0 aliphatic carbocycles. The molecule has 0 aliphatic rings. The normalized spacial score (nSPS) is 10.8. The molecule has 1 aromatic heterocycles. The molecule has 0 bridgehead atoms. The summed E-state index contributed by atoms with van der Waals surface area (Å²) in [4.78, 5) is 16.4. The molecular weight excluding hydrogens is 324 g/mol. The third-order valence-electron chi connectivity index (χ3n) is 3.38. The van der Waals surface area contributed by atoms with Crippen molar-refractivity contribution in [2.24, 2.45) is 0 Å². The van der Waals surface area contributed by atoms with Crippen molar-refractivity contribution in [3.8, 4) is 0 Å². The third-order valence-corrected chi connectivity index (χ3v) is 5.65. The Morgan fingerprint density at radius 1 is 1.09 bits per heavy atom. The van der Waals surface area contributed by atoms with Crippen LogP contribution in [0.2, 0.25) is 0 Å². The number of rotatable bonds is 7. The smallest absolute Gasteiger partial charge is 0.220 e. The molecule has 5 heteroatoms. The number of nitrogens with zero attached hydrogens (tertiary/aromatic N) is 1. The van der Waals surface area contributed by atoms with Gasteiger partial charge in [-0.2, -0.15) is 0 Å². The largest absolute Gasteiger partial charge is 0.352 e. The Kier molecular flexibility index (Phi) is 5.66. The summed E-state index contributed by atoms with van der Waals surface area (Å²) in [6, 6.07) is 18.1. The van der Waals surface area contributed by atoms with Crippen LogP contribution < -0.4 is 5.32 Å². The molecule has 0 atom stereocenters. The van der Waals surface area contributed by atoms with Gasteiger partial charge in [-0.25, -0.2) is 4.98 Å². The summed E-state index contributed by atoms with van der Waals surface area (Å²) in [5.74, 6) is 1.03. The van der Waals surface area contributed by atoms with E-state index in [1.54, 1.807) is 23.1 Å². The summed E-state index contributed by atoms with van der Waals surface area (Å²) in [6.45, 7) is 0.602. The molecule has 0 saturated carbocycles. The Balaban J connectivity index is 1.37. The second-order valence-corrected chi connectivity index (χ2v) is 7.53. The summed E-state index contributed by atoms with van der Waals surface area (Å²) >= 11 is 3.44. The van der Waals surface area contributed by atoms with Crippen LogP contribution in [0.25, 0.3) is 10.2 Å². The standard InChI is InChI=1S/C18H18N2OS2/c21-17(19-13-14-7-2-1-3-8-14)11-6-12-22-18-20-15-9-4-5-10-16(15)23-18/h1-5,7-10H,6,11-13H2,(H,19,21). The van der Waals surface area contributed by atoms with Crippen LogP contribution in [0.3, 0.4) is 0 Å². The lowest BCUT2D eigenvalue weighted by molar-refractivity contribution is -0.121. The Bertz CT molecular complexity index is 738. The number of thiazole rings is 1. The van der Waals surface area contributed by atoms with Gasteiger partial charge < -0.3 is 5.32 Å². The van der Waals surface area contributed by atoms with Crippen LogP contribution in [0, 0.1) is 0 Å². The zero-order valence-electron chi connectivity index (χ0n) is 12.7. The molecule has 0 saturated heterocycles. The first-order valence-corrected chi connectivity index (χ1v) is 9.40. The predicted octanol–water partition coefficient (Wildman–Crippen LogP) is 4.49. The average Bonchev–Trinajstić information content (AvgIpc) is 3.00. The van der Waals surface area contributed by atoms with E-state index >= 15 is 0 Å². The van der Waals surface area contributed by atoms with Crippen molar-refractivity contribution in [3.63, 3.8) is 0 Å². The van der Waals surface area contributed by atoms with Gasteiger partial charge in [0.25, 0.3) is 0 Å². The fourth-order valence-electron chi connectivity index (χ4n) is 2.19. The Morgan fingerprint density at radius 2 is 1.87 bits per heavy atom. The van der Waals surface area contributed by atoms with Gasteiger partial charge in [-0.15, -0.1) is 11.3 Å². The van der Waals surface area contributed by atoms with E-state index < -0.39 is 0 Å². The number of amides is 1. The minimum absolute atomic E-state index is 0.110. The maximum atomic E-state index is 11.8. The zero-order valence-corrected chi connectivity index (χ0v) is 14.3. The van der Waals surface area contributed by atoms with Crippen LogP contribution in [0.4, 0.5) is 0 Å². The number of carbonyl (C=O) groups excluding carboxylic acids is 1. The Hall–Kier alpha value is -1.85. The molecule has 0 unspecified atom stereocenters. The fraction of sp³-hybridized carbons (Fsp3) is 0.222. The van der Waals surface area contributed by atoms with Gasteiger partial charge in [0.1, 0.15) is 0 Å². The first-order valence-electron chi connectivity index (χ1n) is 7.60. The summed E-state index contributed by atoms with van der Waals surface area (Å²) in [5.41, 5.74) is 2.19. The molecule has 0 radical (unpaired) electrons. The van der Waals surface area contributed by atoms with Crippen molar-refractivity contribution in [2.45, 2.75) is 23.7 Å². The molecule has 1 heterocycles. The number of fused-ring (bicyclic) bond motifs is 1. The van der Waals surface area contributed by atoms with E-state index in [1.807, 2.05) is 48.5 Å². The lowest BCUT2D eigenvalue weighted by Gasteiger charge is -2.04. The topological polar surface area (TPSA) is 42.0 Å². The molecular formula is C18H18N2OS2. The predicted molar refractivity (Wildman–Crippen MR) is 97.9 cm³/mol. The van der Waals surface area contributed by atoms with Gasteiger partial charge in [0, 0.05) is 18.7 Å². The molecule has 1 N–H and O–H groups in total. The van der Waals surface area contributed by atoms with E-state index in [-0.39, 0.29) is 5.91 Å². The highest BCUT2D eigenvalue weighted by atomic mass is 32.2. The molecule has 3 aromatic rings. The van der Waals surface area contributed by atoms with Crippen LogP contribution in [-0.4, -0.2) is 16.6 Å². The number of hydrogen-bond acceptors (Lipinski definition) is 4.